The Kier molecular flexibility index (Phi) is 8.18. The predicted molar refractivity (Wildman–Crippen MR) is 144 cm³/mol. The summed E-state index contributed by atoms with van der Waals surface area (Å²) in [4.78, 5) is 26.5. The summed E-state index contributed by atoms with van der Waals surface area (Å²) in [6.45, 7) is 4.20. The predicted octanol–water partition coefficient (Wildman–Crippen LogP) is 3.55. The molecule has 3 aliphatic rings. The number of nitrogen functional groups attached to an aromatic ring is 1. The number of nitrogens with one attached hydrogen (secondary N) is 1. The van der Waals surface area contributed by atoms with Gasteiger partial charge in [0.15, 0.2) is 0 Å². The highest BCUT2D eigenvalue weighted by atomic mass is 16.4. The number of likely N-dealkylation sites (tertiary alicyclic amines) is 2. The molecule has 3 fully saturated rings. The number of pyridine rings is 2. The number of anilines is 2. The third-order valence-electron chi connectivity index (χ3n) is 8.22. The molecule has 0 unspecified atom stereocenters. The van der Waals surface area contributed by atoms with Crippen LogP contribution in [0.15, 0.2) is 41.7 Å². The van der Waals surface area contributed by atoms with Gasteiger partial charge in [-0.3, -0.25) is 9.69 Å². The fourth-order valence-electron chi connectivity index (χ4n) is 5.74. The molecule has 1 amide bonds. The first-order chi connectivity index (χ1) is 18.1. The molecule has 0 spiro atoms. The van der Waals surface area contributed by atoms with Crippen molar-refractivity contribution in [1.29, 1.82) is 0 Å². The molecule has 1 aliphatic carbocycles. The van der Waals surface area contributed by atoms with Crippen molar-refractivity contribution >= 4 is 23.3 Å². The van der Waals surface area contributed by atoms with Crippen molar-refractivity contribution in [2.75, 3.05) is 37.2 Å². The number of aromatic nitrogens is 2. The van der Waals surface area contributed by atoms with E-state index in [1.54, 1.807) is 6.07 Å². The first kappa shape index (κ1) is 25.4. The van der Waals surface area contributed by atoms with Crippen LogP contribution in [-0.2, 0) is 17.8 Å². The lowest BCUT2D eigenvalue weighted by atomic mass is 9.88. The number of nitrogens with zero attached hydrogens (tertiary/aromatic N) is 5. The number of hydrogen-bond acceptors (Lipinski definition) is 8. The molecule has 9 nitrogen and oxygen atoms in total. The Bertz CT molecular complexity index is 1090. The molecule has 198 valence electrons. The lowest BCUT2D eigenvalue weighted by Gasteiger charge is -2.37. The summed E-state index contributed by atoms with van der Waals surface area (Å²) in [5, 5.41) is 16.7. The van der Waals surface area contributed by atoms with Crippen LogP contribution >= 0.6 is 0 Å². The molecule has 9 heteroatoms. The van der Waals surface area contributed by atoms with Crippen LogP contribution in [0.5, 0.6) is 0 Å². The molecule has 0 bridgehead atoms. The molecule has 37 heavy (non-hydrogen) atoms. The van der Waals surface area contributed by atoms with Crippen molar-refractivity contribution in [3.63, 3.8) is 0 Å². The Balaban J connectivity index is 1.06. The van der Waals surface area contributed by atoms with E-state index in [0.29, 0.717) is 31.4 Å². The van der Waals surface area contributed by atoms with E-state index >= 15 is 0 Å². The van der Waals surface area contributed by atoms with Crippen molar-refractivity contribution in [1.82, 2.24) is 19.8 Å². The van der Waals surface area contributed by atoms with Crippen LogP contribution in [0.1, 0.15) is 56.2 Å². The van der Waals surface area contributed by atoms with Gasteiger partial charge in [0, 0.05) is 55.8 Å². The van der Waals surface area contributed by atoms with Crippen LogP contribution in [0.4, 0.5) is 11.6 Å². The van der Waals surface area contributed by atoms with Crippen LogP contribution < -0.4 is 11.1 Å². The van der Waals surface area contributed by atoms with Crippen molar-refractivity contribution in [2.45, 2.75) is 64.0 Å². The van der Waals surface area contributed by atoms with E-state index in [2.05, 4.69) is 37.5 Å². The van der Waals surface area contributed by atoms with Crippen LogP contribution in [0.25, 0.3) is 0 Å². The number of oxime groups is 1. The van der Waals surface area contributed by atoms with Gasteiger partial charge in [0.25, 0.3) is 0 Å². The second-order valence-corrected chi connectivity index (χ2v) is 10.8. The number of rotatable bonds is 8. The molecule has 2 aromatic rings. The fourth-order valence-corrected chi connectivity index (χ4v) is 5.74. The molecule has 0 radical (unpaired) electrons. The van der Waals surface area contributed by atoms with E-state index in [9.17, 15) is 10.0 Å². The van der Waals surface area contributed by atoms with E-state index < -0.39 is 0 Å². The first-order valence-corrected chi connectivity index (χ1v) is 13.7. The van der Waals surface area contributed by atoms with E-state index in [-0.39, 0.29) is 17.7 Å². The maximum absolute atomic E-state index is 13.3. The number of carbonyl (C=O) groups excluding carboxylic acids is 1. The molecule has 4 heterocycles. The van der Waals surface area contributed by atoms with Gasteiger partial charge in [0.05, 0.1) is 5.71 Å². The molecular weight excluding hydrogens is 466 g/mol. The average molecular weight is 506 g/mol. The maximum Gasteiger partial charge on any atom is 0.225 e. The van der Waals surface area contributed by atoms with Crippen molar-refractivity contribution in [3.8, 4) is 0 Å². The van der Waals surface area contributed by atoms with E-state index in [1.807, 2.05) is 23.2 Å². The molecule has 5 rings (SSSR count). The Morgan fingerprint density at radius 3 is 2.49 bits per heavy atom. The Hall–Kier alpha value is -3.20. The molecule has 4 N–H and O–H groups in total. The number of hydrogen-bond donors (Lipinski definition) is 3. The highest BCUT2D eigenvalue weighted by Gasteiger charge is 2.32. The van der Waals surface area contributed by atoms with E-state index in [1.165, 1.54) is 24.8 Å². The molecule has 1 saturated carbocycles. The lowest BCUT2D eigenvalue weighted by Crippen LogP contribution is -2.46. The summed E-state index contributed by atoms with van der Waals surface area (Å²) < 4.78 is 0. The third kappa shape index (κ3) is 6.57. The number of amides is 1. The summed E-state index contributed by atoms with van der Waals surface area (Å²) in [5.41, 5.74) is 8.59. The Labute approximate surface area is 219 Å². The van der Waals surface area contributed by atoms with Gasteiger partial charge in [-0.2, -0.15) is 0 Å². The summed E-state index contributed by atoms with van der Waals surface area (Å²) in [5.74, 6) is 1.99. The zero-order valence-electron chi connectivity index (χ0n) is 21.6. The highest BCUT2D eigenvalue weighted by molar-refractivity contribution is 5.88. The summed E-state index contributed by atoms with van der Waals surface area (Å²) >= 11 is 0. The van der Waals surface area contributed by atoms with Gasteiger partial charge < -0.3 is 21.2 Å². The minimum Gasteiger partial charge on any atom is -0.411 e. The van der Waals surface area contributed by atoms with Crippen molar-refractivity contribution < 1.29 is 10.0 Å². The standard InChI is InChI=1S/C28H39N7O2/c29-26-6-2-5-24(31-26)18-25(33-37)21-10-15-35(16-11-21)28(36)22-8-13-34(14-9-22)19-20-7-12-30-27(17-20)32-23-3-1-4-23/h2,5-7,12,17,21-23,37H,1,3-4,8-11,13-16,18-19H2,(H2,29,31)(H,30,32)/b33-25-. The summed E-state index contributed by atoms with van der Waals surface area (Å²) in [6, 6.07) is 10.4. The SMILES string of the molecule is Nc1cccc(C/C(=N/O)C2CCN(C(=O)C3CCN(Cc4ccnc(NC5CCC5)c4)CC3)CC2)n1. The smallest absolute Gasteiger partial charge is 0.225 e. The molecule has 2 aliphatic heterocycles. The zero-order chi connectivity index (χ0) is 25.6. The quantitative estimate of drug-likeness (QED) is 0.285. The monoisotopic (exact) mass is 505 g/mol. The van der Waals surface area contributed by atoms with Gasteiger partial charge >= 0.3 is 0 Å². The maximum atomic E-state index is 13.3. The number of carbonyl (C=O) groups is 1. The van der Waals surface area contributed by atoms with Gasteiger partial charge in [0.2, 0.25) is 5.91 Å². The second kappa shape index (κ2) is 11.9. The zero-order valence-corrected chi connectivity index (χ0v) is 21.6. The van der Waals surface area contributed by atoms with Crippen LogP contribution in [0.3, 0.4) is 0 Å². The summed E-state index contributed by atoms with van der Waals surface area (Å²) in [7, 11) is 0. The van der Waals surface area contributed by atoms with E-state index in [0.717, 1.165) is 62.5 Å². The molecular formula is C28H39N7O2. The normalized spacial score (nSPS) is 20.5. The summed E-state index contributed by atoms with van der Waals surface area (Å²) in [6.07, 6.45) is 9.59. The fraction of sp³-hybridized carbons (Fsp3) is 0.571. The minimum absolute atomic E-state index is 0.101. The average Bonchev–Trinajstić information content (AvgIpc) is 2.90. The van der Waals surface area contributed by atoms with Crippen molar-refractivity contribution in [2.24, 2.45) is 17.0 Å². The topological polar surface area (TPSA) is 120 Å². The molecule has 0 atom stereocenters. The largest absolute Gasteiger partial charge is 0.411 e. The molecule has 2 saturated heterocycles. The Morgan fingerprint density at radius 1 is 1.05 bits per heavy atom. The van der Waals surface area contributed by atoms with Gasteiger partial charge in [0.1, 0.15) is 11.6 Å². The van der Waals surface area contributed by atoms with Gasteiger partial charge in [-0.05, 0) is 87.9 Å². The van der Waals surface area contributed by atoms with Gasteiger partial charge in [-0.1, -0.05) is 11.2 Å². The molecule has 2 aromatic heterocycles. The van der Waals surface area contributed by atoms with E-state index in [4.69, 9.17) is 5.73 Å². The second-order valence-electron chi connectivity index (χ2n) is 10.8. The van der Waals surface area contributed by atoms with Crippen LogP contribution in [-0.4, -0.2) is 68.8 Å². The Morgan fingerprint density at radius 2 is 1.81 bits per heavy atom. The van der Waals surface area contributed by atoms with Gasteiger partial charge in [-0.15, -0.1) is 0 Å². The highest BCUT2D eigenvalue weighted by Crippen LogP contribution is 2.27. The third-order valence-corrected chi connectivity index (χ3v) is 8.22. The minimum atomic E-state index is 0.101. The first-order valence-electron chi connectivity index (χ1n) is 13.7. The van der Waals surface area contributed by atoms with Crippen molar-refractivity contribution in [3.05, 3.63) is 47.8 Å². The van der Waals surface area contributed by atoms with Crippen LogP contribution in [0.2, 0.25) is 0 Å². The number of piperidine rings is 2. The molecule has 0 aromatic carbocycles. The lowest BCUT2D eigenvalue weighted by molar-refractivity contribution is -0.138. The van der Waals surface area contributed by atoms with Crippen LogP contribution in [0, 0.1) is 11.8 Å². The van der Waals surface area contributed by atoms with Gasteiger partial charge in [-0.25, -0.2) is 9.97 Å². The number of nitrogens with two attached hydrogens (primary N) is 1.